The molecule has 6 heteroatoms. The van der Waals surface area contributed by atoms with E-state index in [1.807, 2.05) is 48.5 Å². The maximum absolute atomic E-state index is 13.0. The molecule has 2 aromatic carbocycles. The minimum atomic E-state index is -0.240. The van der Waals surface area contributed by atoms with E-state index in [0.717, 1.165) is 47.1 Å². The topological polar surface area (TPSA) is 58.1 Å². The van der Waals surface area contributed by atoms with E-state index in [9.17, 15) is 4.79 Å². The summed E-state index contributed by atoms with van der Waals surface area (Å²) in [7, 11) is 0. The summed E-state index contributed by atoms with van der Waals surface area (Å²) in [6, 6.07) is 15.2. The van der Waals surface area contributed by atoms with Gasteiger partial charge in [0.15, 0.2) is 11.5 Å². The van der Waals surface area contributed by atoms with Gasteiger partial charge in [0.2, 0.25) is 0 Å². The Hall–Kier alpha value is -2.47. The van der Waals surface area contributed by atoms with E-state index in [2.05, 4.69) is 31.1 Å². The molecular formula is C20H19BrN4O. The lowest BCUT2D eigenvalue weighted by atomic mass is 10.1. The maximum atomic E-state index is 13.0. The highest BCUT2D eigenvalue weighted by Crippen LogP contribution is 2.26. The molecule has 1 amide bonds. The van der Waals surface area contributed by atoms with E-state index in [0.29, 0.717) is 11.5 Å². The van der Waals surface area contributed by atoms with Gasteiger partial charge in [-0.15, -0.1) is 0 Å². The number of hydrogen-bond acceptors (Lipinski definition) is 4. The molecule has 5 nitrogen and oxygen atoms in total. The van der Waals surface area contributed by atoms with Crippen molar-refractivity contribution in [1.82, 2.24) is 9.97 Å². The molecule has 0 aliphatic carbocycles. The monoisotopic (exact) mass is 410 g/mol. The van der Waals surface area contributed by atoms with Gasteiger partial charge in [-0.1, -0.05) is 24.3 Å². The van der Waals surface area contributed by atoms with E-state index in [1.54, 1.807) is 0 Å². The van der Waals surface area contributed by atoms with Crippen LogP contribution in [-0.2, 0) is 0 Å². The molecule has 0 saturated carbocycles. The first-order valence-electron chi connectivity index (χ1n) is 8.80. The molecule has 3 aromatic rings. The Morgan fingerprint density at radius 1 is 0.923 bits per heavy atom. The third kappa shape index (κ3) is 3.42. The number of piperidine rings is 1. The number of nitrogens with zero attached hydrogens (tertiary/aromatic N) is 3. The summed E-state index contributed by atoms with van der Waals surface area (Å²) in [5.41, 5.74) is 2.63. The first-order chi connectivity index (χ1) is 12.7. The zero-order chi connectivity index (χ0) is 17.9. The lowest BCUT2D eigenvalue weighted by Crippen LogP contribution is -2.33. The lowest BCUT2D eigenvalue weighted by molar-refractivity contribution is 0.102. The van der Waals surface area contributed by atoms with Crippen LogP contribution in [0.4, 0.5) is 11.5 Å². The molecule has 0 spiro atoms. The smallest absolute Gasteiger partial charge is 0.278 e. The molecule has 0 radical (unpaired) electrons. The molecule has 1 fully saturated rings. The number of carbonyl (C=O) groups excluding carboxylic acids is 1. The molecule has 26 heavy (non-hydrogen) atoms. The van der Waals surface area contributed by atoms with Gasteiger partial charge in [-0.2, -0.15) is 0 Å². The van der Waals surface area contributed by atoms with Crippen LogP contribution in [0.5, 0.6) is 0 Å². The normalized spacial score (nSPS) is 14.4. The largest absolute Gasteiger partial charge is 0.355 e. The molecule has 1 aromatic heterocycles. The average Bonchev–Trinajstić information content (AvgIpc) is 2.69. The van der Waals surface area contributed by atoms with Crippen molar-refractivity contribution in [2.45, 2.75) is 19.3 Å². The van der Waals surface area contributed by atoms with Gasteiger partial charge in [0.25, 0.3) is 5.91 Å². The molecule has 0 bridgehead atoms. The molecule has 1 aliphatic heterocycles. The van der Waals surface area contributed by atoms with E-state index >= 15 is 0 Å². The molecule has 0 unspecified atom stereocenters. The van der Waals surface area contributed by atoms with Crippen LogP contribution in [0.15, 0.2) is 53.0 Å². The number of aromatic nitrogens is 2. The predicted molar refractivity (Wildman–Crippen MR) is 108 cm³/mol. The molecular weight excluding hydrogens is 392 g/mol. The van der Waals surface area contributed by atoms with Crippen LogP contribution in [0.3, 0.4) is 0 Å². The number of hydrogen-bond donors (Lipinski definition) is 1. The Labute approximate surface area is 160 Å². The van der Waals surface area contributed by atoms with Crippen LogP contribution in [0, 0.1) is 0 Å². The highest BCUT2D eigenvalue weighted by Gasteiger charge is 2.23. The number of nitrogens with one attached hydrogen (secondary N) is 1. The first kappa shape index (κ1) is 17.0. The van der Waals surface area contributed by atoms with Gasteiger partial charge < -0.3 is 10.2 Å². The third-order valence-electron chi connectivity index (χ3n) is 4.54. The van der Waals surface area contributed by atoms with Crippen molar-refractivity contribution < 1.29 is 4.79 Å². The Morgan fingerprint density at radius 2 is 1.58 bits per heavy atom. The number of anilines is 2. The van der Waals surface area contributed by atoms with Crippen molar-refractivity contribution in [2.75, 3.05) is 23.3 Å². The van der Waals surface area contributed by atoms with Crippen LogP contribution in [0.1, 0.15) is 29.8 Å². The zero-order valence-electron chi connectivity index (χ0n) is 14.3. The van der Waals surface area contributed by atoms with Crippen molar-refractivity contribution in [3.05, 3.63) is 58.7 Å². The van der Waals surface area contributed by atoms with Gasteiger partial charge in [-0.05, 0) is 59.5 Å². The van der Waals surface area contributed by atoms with Gasteiger partial charge in [-0.3, -0.25) is 4.79 Å². The molecule has 0 atom stereocenters. The van der Waals surface area contributed by atoms with Gasteiger partial charge in [0.05, 0.1) is 16.7 Å². The van der Waals surface area contributed by atoms with Crippen molar-refractivity contribution in [3.63, 3.8) is 0 Å². The second-order valence-electron chi connectivity index (χ2n) is 6.37. The average molecular weight is 411 g/mol. The second kappa shape index (κ2) is 7.41. The minimum Gasteiger partial charge on any atom is -0.355 e. The van der Waals surface area contributed by atoms with Crippen molar-refractivity contribution in [2.24, 2.45) is 0 Å². The van der Waals surface area contributed by atoms with Gasteiger partial charge in [-0.25, -0.2) is 9.97 Å². The standard InChI is InChI=1S/C20H19BrN4O/c21-14-8-2-3-9-15(14)24-20(26)18-19(25-12-6-1-7-13-25)23-17-11-5-4-10-16(17)22-18/h2-5,8-11H,1,6-7,12-13H2,(H,24,26). The third-order valence-corrected chi connectivity index (χ3v) is 5.24. The van der Waals surface area contributed by atoms with Crippen LogP contribution >= 0.6 is 15.9 Å². The summed E-state index contributed by atoms with van der Waals surface area (Å²) in [5, 5.41) is 2.96. The van der Waals surface area contributed by atoms with E-state index in [4.69, 9.17) is 4.98 Å². The number of halogens is 1. The fourth-order valence-electron chi connectivity index (χ4n) is 3.21. The highest BCUT2D eigenvalue weighted by molar-refractivity contribution is 9.10. The minimum absolute atomic E-state index is 0.240. The summed E-state index contributed by atoms with van der Waals surface area (Å²) < 4.78 is 0.835. The molecule has 1 saturated heterocycles. The Kier molecular flexibility index (Phi) is 4.84. The number of para-hydroxylation sites is 3. The summed E-state index contributed by atoms with van der Waals surface area (Å²) in [4.78, 5) is 24.6. The summed E-state index contributed by atoms with van der Waals surface area (Å²) >= 11 is 3.47. The van der Waals surface area contributed by atoms with Crippen LogP contribution in [-0.4, -0.2) is 29.0 Å². The van der Waals surface area contributed by atoms with Crippen molar-refractivity contribution >= 4 is 44.4 Å². The molecule has 4 rings (SSSR count). The zero-order valence-corrected chi connectivity index (χ0v) is 15.9. The first-order valence-corrected chi connectivity index (χ1v) is 9.59. The summed E-state index contributed by atoms with van der Waals surface area (Å²) in [5.74, 6) is 0.434. The second-order valence-corrected chi connectivity index (χ2v) is 7.22. The Morgan fingerprint density at radius 3 is 2.31 bits per heavy atom. The van der Waals surface area contributed by atoms with Gasteiger partial charge in [0.1, 0.15) is 0 Å². The fraction of sp³-hybridized carbons (Fsp3) is 0.250. The van der Waals surface area contributed by atoms with Gasteiger partial charge >= 0.3 is 0 Å². The number of rotatable bonds is 3. The molecule has 2 heterocycles. The summed E-state index contributed by atoms with van der Waals surface area (Å²) in [6.07, 6.45) is 3.44. The lowest BCUT2D eigenvalue weighted by Gasteiger charge is -2.29. The van der Waals surface area contributed by atoms with Crippen LogP contribution < -0.4 is 10.2 Å². The molecule has 1 N–H and O–H groups in total. The Bertz CT molecular complexity index is 953. The van der Waals surface area contributed by atoms with E-state index in [1.165, 1.54) is 6.42 Å². The summed E-state index contributed by atoms with van der Waals surface area (Å²) in [6.45, 7) is 1.81. The number of carbonyl (C=O) groups is 1. The van der Waals surface area contributed by atoms with Crippen molar-refractivity contribution in [3.8, 4) is 0 Å². The Balaban J connectivity index is 1.76. The van der Waals surface area contributed by atoms with Crippen LogP contribution in [0.25, 0.3) is 11.0 Å². The maximum Gasteiger partial charge on any atom is 0.278 e. The quantitative estimate of drug-likeness (QED) is 0.683. The molecule has 132 valence electrons. The number of fused-ring (bicyclic) bond motifs is 1. The SMILES string of the molecule is O=C(Nc1ccccc1Br)c1nc2ccccc2nc1N1CCCCC1. The predicted octanol–water partition coefficient (Wildman–Crippen LogP) is 4.63. The van der Waals surface area contributed by atoms with Crippen molar-refractivity contribution in [1.29, 1.82) is 0 Å². The van der Waals surface area contributed by atoms with Gasteiger partial charge in [0, 0.05) is 17.6 Å². The van der Waals surface area contributed by atoms with E-state index in [-0.39, 0.29) is 5.91 Å². The number of amides is 1. The molecule has 1 aliphatic rings. The van der Waals surface area contributed by atoms with Crippen LogP contribution in [0.2, 0.25) is 0 Å². The highest BCUT2D eigenvalue weighted by atomic mass is 79.9. The van der Waals surface area contributed by atoms with E-state index < -0.39 is 0 Å². The number of benzene rings is 2. The fourth-order valence-corrected chi connectivity index (χ4v) is 3.60.